The van der Waals surface area contributed by atoms with Crippen LogP contribution in [0.5, 0.6) is 17.2 Å². The average Bonchev–Trinajstić information content (AvgIpc) is 2.76. The van der Waals surface area contributed by atoms with Crippen LogP contribution in [0.2, 0.25) is 0 Å². The van der Waals surface area contributed by atoms with Gasteiger partial charge in [0.05, 0.1) is 18.2 Å². The second kappa shape index (κ2) is 12.7. The summed E-state index contributed by atoms with van der Waals surface area (Å²) in [5, 5.41) is 0. The van der Waals surface area contributed by atoms with Gasteiger partial charge in [-0.3, -0.25) is 20.4 Å². The maximum Gasteiger partial charge on any atom is 0.276 e. The smallest absolute Gasteiger partial charge is 0.276 e. The van der Waals surface area contributed by atoms with Gasteiger partial charge in [0.25, 0.3) is 11.8 Å². The van der Waals surface area contributed by atoms with E-state index in [-0.39, 0.29) is 6.61 Å². The van der Waals surface area contributed by atoms with Gasteiger partial charge < -0.3 is 14.2 Å². The standard InChI is InChI=1S/C22H27BrN2O5/c1-3-4-5-8-13-29-18-12-11-16(14-17(18)23)22(27)25-24-21(26)15-30-20-10-7-6-9-19(20)28-2/h6-7,9-12,14H,3-5,8,13,15H2,1-2H3,(H,24,26)(H,25,27). The van der Waals surface area contributed by atoms with E-state index in [0.717, 1.165) is 12.8 Å². The Morgan fingerprint density at radius 3 is 2.40 bits per heavy atom. The third-order valence-corrected chi connectivity index (χ3v) is 4.81. The molecule has 0 spiro atoms. The number of hydrogen-bond donors (Lipinski definition) is 2. The number of rotatable bonds is 11. The second-order valence-electron chi connectivity index (χ2n) is 6.50. The number of carbonyl (C=O) groups excluding carboxylic acids is 2. The summed E-state index contributed by atoms with van der Waals surface area (Å²) in [6, 6.07) is 12.0. The lowest BCUT2D eigenvalue weighted by Gasteiger charge is -2.12. The molecule has 0 unspecified atom stereocenters. The Hall–Kier alpha value is -2.74. The lowest BCUT2D eigenvalue weighted by molar-refractivity contribution is -0.123. The lowest BCUT2D eigenvalue weighted by Crippen LogP contribution is -2.43. The number of methoxy groups -OCH3 is 1. The second-order valence-corrected chi connectivity index (χ2v) is 7.35. The van der Waals surface area contributed by atoms with Crippen molar-refractivity contribution in [3.63, 3.8) is 0 Å². The number of benzene rings is 2. The molecule has 0 aliphatic rings. The number of halogens is 1. The number of hydrazine groups is 1. The van der Waals surface area contributed by atoms with Gasteiger partial charge in [0, 0.05) is 5.56 Å². The van der Waals surface area contributed by atoms with E-state index in [1.54, 1.807) is 42.5 Å². The number of nitrogens with one attached hydrogen (secondary N) is 2. The molecule has 0 saturated heterocycles. The van der Waals surface area contributed by atoms with Crippen molar-refractivity contribution in [3.8, 4) is 17.2 Å². The fourth-order valence-electron chi connectivity index (χ4n) is 2.59. The van der Waals surface area contributed by atoms with Crippen LogP contribution in [-0.2, 0) is 4.79 Å². The van der Waals surface area contributed by atoms with Crippen LogP contribution >= 0.6 is 15.9 Å². The van der Waals surface area contributed by atoms with Gasteiger partial charge in [0.2, 0.25) is 0 Å². The predicted molar refractivity (Wildman–Crippen MR) is 118 cm³/mol. The molecule has 0 bridgehead atoms. The Morgan fingerprint density at radius 2 is 1.70 bits per heavy atom. The van der Waals surface area contributed by atoms with Crippen LogP contribution in [0.4, 0.5) is 0 Å². The number of para-hydroxylation sites is 2. The van der Waals surface area contributed by atoms with Gasteiger partial charge in [0.15, 0.2) is 18.1 Å². The van der Waals surface area contributed by atoms with E-state index < -0.39 is 11.8 Å². The highest BCUT2D eigenvalue weighted by molar-refractivity contribution is 9.10. The van der Waals surface area contributed by atoms with Crippen LogP contribution in [0.25, 0.3) is 0 Å². The van der Waals surface area contributed by atoms with Crippen LogP contribution in [0.3, 0.4) is 0 Å². The van der Waals surface area contributed by atoms with Crippen molar-refractivity contribution in [2.24, 2.45) is 0 Å². The van der Waals surface area contributed by atoms with Gasteiger partial charge in [-0.25, -0.2) is 0 Å². The van der Waals surface area contributed by atoms with Crippen molar-refractivity contribution in [2.45, 2.75) is 32.6 Å². The Bertz CT molecular complexity index is 844. The van der Waals surface area contributed by atoms with Gasteiger partial charge in [-0.05, 0) is 52.7 Å². The van der Waals surface area contributed by atoms with Crippen molar-refractivity contribution in [1.29, 1.82) is 0 Å². The molecule has 0 fully saturated rings. The number of unbranched alkanes of at least 4 members (excludes halogenated alkanes) is 3. The number of hydrogen-bond acceptors (Lipinski definition) is 5. The van der Waals surface area contributed by atoms with Crippen LogP contribution in [0.1, 0.15) is 43.0 Å². The molecular weight excluding hydrogens is 452 g/mol. The first-order chi connectivity index (χ1) is 14.5. The molecule has 0 atom stereocenters. The minimum Gasteiger partial charge on any atom is -0.493 e. The van der Waals surface area contributed by atoms with E-state index in [9.17, 15) is 9.59 Å². The molecule has 2 aromatic carbocycles. The van der Waals surface area contributed by atoms with Crippen molar-refractivity contribution >= 4 is 27.7 Å². The van der Waals surface area contributed by atoms with Crippen molar-refractivity contribution in [3.05, 3.63) is 52.5 Å². The van der Waals surface area contributed by atoms with E-state index in [4.69, 9.17) is 14.2 Å². The minimum absolute atomic E-state index is 0.269. The van der Waals surface area contributed by atoms with Gasteiger partial charge in [-0.2, -0.15) is 0 Å². The molecule has 8 heteroatoms. The minimum atomic E-state index is -0.500. The highest BCUT2D eigenvalue weighted by Crippen LogP contribution is 2.27. The van der Waals surface area contributed by atoms with Crippen molar-refractivity contribution in [1.82, 2.24) is 10.9 Å². The van der Waals surface area contributed by atoms with Crippen LogP contribution in [0, 0.1) is 0 Å². The fourth-order valence-corrected chi connectivity index (χ4v) is 3.08. The maximum absolute atomic E-state index is 12.3. The van der Waals surface area contributed by atoms with E-state index in [0.29, 0.717) is 33.9 Å². The highest BCUT2D eigenvalue weighted by atomic mass is 79.9. The molecule has 0 radical (unpaired) electrons. The summed E-state index contributed by atoms with van der Waals surface area (Å²) in [6.45, 7) is 2.53. The summed E-state index contributed by atoms with van der Waals surface area (Å²) in [7, 11) is 1.52. The summed E-state index contributed by atoms with van der Waals surface area (Å²) in [5.74, 6) is 0.691. The third-order valence-electron chi connectivity index (χ3n) is 4.19. The Kier molecular flexibility index (Phi) is 10.00. The third kappa shape index (κ3) is 7.59. The molecule has 30 heavy (non-hydrogen) atoms. The van der Waals surface area contributed by atoms with Gasteiger partial charge in [-0.15, -0.1) is 0 Å². The first-order valence-electron chi connectivity index (χ1n) is 9.82. The molecule has 0 aliphatic heterocycles. The lowest BCUT2D eigenvalue weighted by atomic mass is 10.2. The van der Waals surface area contributed by atoms with Gasteiger partial charge in [0.1, 0.15) is 5.75 Å². The topological polar surface area (TPSA) is 85.9 Å². The molecule has 0 saturated carbocycles. The molecule has 7 nitrogen and oxygen atoms in total. The summed E-state index contributed by atoms with van der Waals surface area (Å²) in [4.78, 5) is 24.2. The molecule has 2 aromatic rings. The number of ether oxygens (including phenoxy) is 3. The molecule has 0 aromatic heterocycles. The largest absolute Gasteiger partial charge is 0.493 e. The van der Waals surface area contributed by atoms with E-state index in [2.05, 4.69) is 33.7 Å². The van der Waals surface area contributed by atoms with Crippen molar-refractivity contribution < 1.29 is 23.8 Å². The van der Waals surface area contributed by atoms with Crippen molar-refractivity contribution in [2.75, 3.05) is 20.3 Å². The zero-order chi connectivity index (χ0) is 21.8. The van der Waals surface area contributed by atoms with E-state index in [1.807, 2.05) is 0 Å². The zero-order valence-electron chi connectivity index (χ0n) is 17.2. The monoisotopic (exact) mass is 478 g/mol. The summed E-state index contributed by atoms with van der Waals surface area (Å²) < 4.78 is 17.0. The molecule has 2 N–H and O–H groups in total. The Balaban J connectivity index is 1.78. The summed E-state index contributed by atoms with van der Waals surface area (Å²) in [6.07, 6.45) is 4.50. The molecule has 2 rings (SSSR count). The normalized spacial score (nSPS) is 10.2. The molecular formula is C22H27BrN2O5. The maximum atomic E-state index is 12.3. The Labute approximate surface area is 185 Å². The summed E-state index contributed by atoms with van der Waals surface area (Å²) >= 11 is 3.42. The molecule has 2 amide bonds. The summed E-state index contributed by atoms with van der Waals surface area (Å²) in [5.41, 5.74) is 5.07. The van der Waals surface area contributed by atoms with Crippen LogP contribution in [0.15, 0.2) is 46.9 Å². The molecule has 162 valence electrons. The first kappa shape index (κ1) is 23.5. The zero-order valence-corrected chi connectivity index (χ0v) is 18.8. The SMILES string of the molecule is CCCCCCOc1ccc(C(=O)NNC(=O)COc2ccccc2OC)cc1Br. The number of amides is 2. The number of carbonyl (C=O) groups is 2. The quantitative estimate of drug-likeness (QED) is 0.372. The average molecular weight is 479 g/mol. The van der Waals surface area contributed by atoms with Gasteiger partial charge >= 0.3 is 0 Å². The first-order valence-corrected chi connectivity index (χ1v) is 10.6. The van der Waals surface area contributed by atoms with Crippen LogP contribution in [-0.4, -0.2) is 32.1 Å². The van der Waals surface area contributed by atoms with E-state index in [1.165, 1.54) is 20.0 Å². The fraction of sp³-hybridized carbons (Fsp3) is 0.364. The van der Waals surface area contributed by atoms with Gasteiger partial charge in [-0.1, -0.05) is 38.3 Å². The Morgan fingerprint density at radius 1 is 0.933 bits per heavy atom. The predicted octanol–water partition coefficient (Wildman–Crippen LogP) is 4.26. The molecule has 0 heterocycles. The van der Waals surface area contributed by atoms with E-state index >= 15 is 0 Å². The molecule has 0 aliphatic carbocycles. The highest BCUT2D eigenvalue weighted by Gasteiger charge is 2.12. The van der Waals surface area contributed by atoms with Crippen LogP contribution < -0.4 is 25.1 Å².